The normalized spacial score (nSPS) is 25.9. The number of hydrogen-bond donors (Lipinski definition) is 0. The van der Waals surface area contributed by atoms with E-state index in [1.165, 1.54) is 18.4 Å². The Labute approximate surface area is 85.1 Å². The average Bonchev–Trinajstić information content (AvgIpc) is 2.53. The summed E-state index contributed by atoms with van der Waals surface area (Å²) in [6.07, 6.45) is 6.70. The van der Waals surface area contributed by atoms with E-state index in [1.54, 1.807) is 0 Å². The molecule has 0 aromatic heterocycles. The molecule has 1 aliphatic carbocycles. The number of ether oxygens (including phenoxy) is 1. The van der Waals surface area contributed by atoms with Crippen LogP contribution in [0.3, 0.4) is 0 Å². The minimum absolute atomic E-state index is 0.234. The first-order valence-electron chi connectivity index (χ1n) is 5.16. The van der Waals surface area contributed by atoms with Gasteiger partial charge in [0, 0.05) is 5.92 Å². The van der Waals surface area contributed by atoms with Crippen molar-refractivity contribution in [1.29, 1.82) is 0 Å². The fourth-order valence-electron chi connectivity index (χ4n) is 2.01. The van der Waals surface area contributed by atoms with Crippen molar-refractivity contribution in [3.63, 3.8) is 0 Å². The Kier molecular flexibility index (Phi) is 2.81. The molecule has 3 nitrogen and oxygen atoms in total. The summed E-state index contributed by atoms with van der Waals surface area (Å²) in [5, 5.41) is 0. The maximum absolute atomic E-state index is 10.8. The maximum Gasteiger partial charge on any atom is 0.151 e. The molecule has 2 rings (SSSR count). The van der Waals surface area contributed by atoms with E-state index >= 15 is 0 Å². The molecular weight excluding hydrogens is 200 g/mol. The average molecular weight is 216 g/mol. The van der Waals surface area contributed by atoms with Crippen molar-refractivity contribution in [2.24, 2.45) is 5.92 Å². The molecular formula is C10H16O3S. The van der Waals surface area contributed by atoms with E-state index in [4.69, 9.17) is 4.74 Å². The quantitative estimate of drug-likeness (QED) is 0.672. The highest BCUT2D eigenvalue weighted by atomic mass is 32.2. The summed E-state index contributed by atoms with van der Waals surface area (Å²) in [6, 6.07) is 0. The van der Waals surface area contributed by atoms with E-state index in [9.17, 15) is 8.42 Å². The van der Waals surface area contributed by atoms with Crippen LogP contribution in [0.1, 0.15) is 25.7 Å². The number of allylic oxidation sites excluding steroid dienone is 1. The summed E-state index contributed by atoms with van der Waals surface area (Å²) in [6.45, 7) is 0.572. The Balaban J connectivity index is 1.66. The molecule has 0 radical (unpaired) electrons. The van der Waals surface area contributed by atoms with E-state index in [2.05, 4.69) is 0 Å². The molecule has 80 valence electrons. The summed E-state index contributed by atoms with van der Waals surface area (Å²) in [5.74, 6) is 0.866. The van der Waals surface area contributed by atoms with Gasteiger partial charge in [-0.25, -0.2) is 8.42 Å². The highest BCUT2D eigenvalue weighted by Gasteiger charge is 2.33. The second kappa shape index (κ2) is 3.93. The van der Waals surface area contributed by atoms with Crippen molar-refractivity contribution in [2.45, 2.75) is 25.7 Å². The minimum atomic E-state index is -2.68. The van der Waals surface area contributed by atoms with Crippen LogP contribution < -0.4 is 0 Å². The van der Waals surface area contributed by atoms with E-state index in [0.29, 0.717) is 18.1 Å². The molecule has 14 heavy (non-hydrogen) atoms. The Morgan fingerprint density at radius 3 is 2.50 bits per heavy atom. The zero-order valence-corrected chi connectivity index (χ0v) is 9.05. The van der Waals surface area contributed by atoms with Gasteiger partial charge in [0.05, 0.1) is 24.4 Å². The highest BCUT2D eigenvalue weighted by Crippen LogP contribution is 2.24. The van der Waals surface area contributed by atoms with Gasteiger partial charge in [0.1, 0.15) is 0 Å². The Bertz CT molecular complexity index is 309. The Morgan fingerprint density at radius 2 is 1.93 bits per heavy atom. The fraction of sp³-hybridized carbons (Fsp3) is 0.800. The van der Waals surface area contributed by atoms with E-state index in [1.807, 2.05) is 6.26 Å². The molecule has 0 atom stereocenters. The molecule has 0 amide bonds. The molecule has 0 spiro atoms. The van der Waals surface area contributed by atoms with Crippen LogP contribution in [-0.2, 0) is 14.6 Å². The van der Waals surface area contributed by atoms with Gasteiger partial charge in [0.15, 0.2) is 9.84 Å². The van der Waals surface area contributed by atoms with Crippen LogP contribution in [0.2, 0.25) is 0 Å². The molecule has 2 fully saturated rings. The standard InChI is InChI=1S/C10H16O3S/c11-14(12)7-10(8-14)6-13-5-9-3-1-2-4-9/h5,10H,1-4,6-8H2. The van der Waals surface area contributed by atoms with Crippen molar-refractivity contribution in [3.05, 3.63) is 11.8 Å². The van der Waals surface area contributed by atoms with Gasteiger partial charge in [0.2, 0.25) is 0 Å². The van der Waals surface area contributed by atoms with Crippen molar-refractivity contribution < 1.29 is 13.2 Å². The second-order valence-electron chi connectivity index (χ2n) is 4.26. The Hall–Kier alpha value is -0.510. The van der Waals surface area contributed by atoms with Gasteiger partial charge in [-0.3, -0.25) is 0 Å². The largest absolute Gasteiger partial charge is 0.501 e. The number of rotatable bonds is 3. The summed E-state index contributed by atoms with van der Waals surface area (Å²) in [7, 11) is -2.68. The lowest BCUT2D eigenvalue weighted by molar-refractivity contribution is 0.203. The summed E-state index contributed by atoms with van der Waals surface area (Å²) in [5.41, 5.74) is 1.38. The van der Waals surface area contributed by atoms with Gasteiger partial charge in [-0.15, -0.1) is 0 Å². The van der Waals surface area contributed by atoms with Gasteiger partial charge >= 0.3 is 0 Å². The molecule has 1 aliphatic heterocycles. The topological polar surface area (TPSA) is 43.4 Å². The maximum atomic E-state index is 10.8. The van der Waals surface area contributed by atoms with E-state index in [-0.39, 0.29) is 5.92 Å². The smallest absolute Gasteiger partial charge is 0.151 e. The van der Waals surface area contributed by atoms with Crippen LogP contribution in [0.5, 0.6) is 0 Å². The van der Waals surface area contributed by atoms with Gasteiger partial charge in [-0.05, 0) is 31.3 Å². The van der Waals surface area contributed by atoms with Gasteiger partial charge in [-0.1, -0.05) is 0 Å². The van der Waals surface area contributed by atoms with Crippen LogP contribution in [0.15, 0.2) is 11.8 Å². The third-order valence-corrected chi connectivity index (χ3v) is 4.77. The van der Waals surface area contributed by atoms with Crippen LogP contribution in [-0.4, -0.2) is 26.5 Å². The SMILES string of the molecule is O=S1(=O)CC(COC=C2CCCC2)C1. The molecule has 1 heterocycles. The van der Waals surface area contributed by atoms with E-state index in [0.717, 1.165) is 12.8 Å². The third kappa shape index (κ3) is 2.50. The third-order valence-electron chi connectivity index (χ3n) is 2.81. The minimum Gasteiger partial charge on any atom is -0.501 e. The molecule has 0 unspecified atom stereocenters. The highest BCUT2D eigenvalue weighted by molar-refractivity contribution is 7.92. The predicted molar refractivity (Wildman–Crippen MR) is 54.6 cm³/mol. The first-order valence-corrected chi connectivity index (χ1v) is 6.98. The lowest BCUT2D eigenvalue weighted by atomic mass is 10.2. The fourth-order valence-corrected chi connectivity index (χ4v) is 3.55. The zero-order chi connectivity index (χ0) is 10.0. The van der Waals surface area contributed by atoms with Crippen molar-refractivity contribution in [1.82, 2.24) is 0 Å². The molecule has 4 heteroatoms. The predicted octanol–water partition coefficient (Wildman–Crippen LogP) is 1.51. The van der Waals surface area contributed by atoms with Gasteiger partial charge in [0.25, 0.3) is 0 Å². The molecule has 0 aromatic carbocycles. The first-order chi connectivity index (χ1) is 6.66. The lowest BCUT2D eigenvalue weighted by Gasteiger charge is -2.24. The lowest BCUT2D eigenvalue weighted by Crippen LogP contribution is -2.38. The molecule has 1 saturated carbocycles. The molecule has 0 N–H and O–H groups in total. The molecule has 1 saturated heterocycles. The molecule has 2 aliphatic rings. The van der Waals surface area contributed by atoms with Gasteiger partial charge in [-0.2, -0.15) is 0 Å². The van der Waals surface area contributed by atoms with Crippen molar-refractivity contribution in [2.75, 3.05) is 18.1 Å². The van der Waals surface area contributed by atoms with Crippen LogP contribution in [0, 0.1) is 5.92 Å². The summed E-state index contributed by atoms with van der Waals surface area (Å²) in [4.78, 5) is 0. The van der Waals surface area contributed by atoms with Gasteiger partial charge < -0.3 is 4.74 Å². The summed E-state index contributed by atoms with van der Waals surface area (Å²) < 4.78 is 27.1. The van der Waals surface area contributed by atoms with Crippen LogP contribution in [0.4, 0.5) is 0 Å². The monoisotopic (exact) mass is 216 g/mol. The van der Waals surface area contributed by atoms with Crippen LogP contribution >= 0.6 is 0 Å². The van der Waals surface area contributed by atoms with Crippen molar-refractivity contribution >= 4 is 9.84 Å². The second-order valence-corrected chi connectivity index (χ2v) is 6.41. The molecule has 0 bridgehead atoms. The zero-order valence-electron chi connectivity index (χ0n) is 8.24. The first kappa shape index (κ1) is 10.0. The van der Waals surface area contributed by atoms with Crippen LogP contribution in [0.25, 0.3) is 0 Å². The van der Waals surface area contributed by atoms with Crippen molar-refractivity contribution in [3.8, 4) is 0 Å². The van der Waals surface area contributed by atoms with E-state index < -0.39 is 9.84 Å². The molecule has 0 aromatic rings. The number of sulfone groups is 1. The Morgan fingerprint density at radius 1 is 1.29 bits per heavy atom. The summed E-state index contributed by atoms with van der Waals surface area (Å²) >= 11 is 0. The number of hydrogen-bond acceptors (Lipinski definition) is 3.